The van der Waals surface area contributed by atoms with E-state index in [0.717, 1.165) is 6.07 Å². The summed E-state index contributed by atoms with van der Waals surface area (Å²) in [6, 6.07) is 3.70. The van der Waals surface area contributed by atoms with Crippen LogP contribution < -0.4 is 4.74 Å². The van der Waals surface area contributed by atoms with Crippen molar-refractivity contribution in [3.05, 3.63) is 28.3 Å². The van der Waals surface area contributed by atoms with Crippen molar-refractivity contribution >= 4 is 15.7 Å². The van der Waals surface area contributed by atoms with Crippen LogP contribution in [-0.2, 0) is 10.0 Å². The van der Waals surface area contributed by atoms with E-state index in [4.69, 9.17) is 4.74 Å². The first kappa shape index (κ1) is 15.4. The molecule has 0 aliphatic heterocycles. The van der Waals surface area contributed by atoms with Gasteiger partial charge in [0, 0.05) is 13.1 Å². The van der Waals surface area contributed by atoms with Gasteiger partial charge in [0.2, 0.25) is 10.0 Å². The second kappa shape index (κ2) is 5.98. The zero-order valence-corrected chi connectivity index (χ0v) is 11.8. The molecule has 106 valence electrons. The molecular weight excluding hydrogens is 272 g/mol. The molecule has 0 bridgehead atoms. The van der Waals surface area contributed by atoms with E-state index in [1.54, 1.807) is 13.8 Å². The van der Waals surface area contributed by atoms with E-state index in [0.29, 0.717) is 0 Å². The van der Waals surface area contributed by atoms with Crippen LogP contribution in [0.4, 0.5) is 5.69 Å². The van der Waals surface area contributed by atoms with E-state index in [1.807, 2.05) is 0 Å². The van der Waals surface area contributed by atoms with Crippen molar-refractivity contribution in [1.29, 1.82) is 0 Å². The number of hydrogen-bond acceptors (Lipinski definition) is 5. The molecule has 0 heterocycles. The first-order chi connectivity index (χ1) is 8.88. The van der Waals surface area contributed by atoms with Crippen molar-refractivity contribution in [1.82, 2.24) is 4.31 Å². The highest BCUT2D eigenvalue weighted by atomic mass is 32.2. The van der Waals surface area contributed by atoms with Gasteiger partial charge in [-0.3, -0.25) is 10.1 Å². The molecule has 19 heavy (non-hydrogen) atoms. The number of nitrogens with zero attached hydrogens (tertiary/aromatic N) is 2. The Morgan fingerprint density at radius 1 is 1.32 bits per heavy atom. The second-order valence-electron chi connectivity index (χ2n) is 3.68. The van der Waals surface area contributed by atoms with Crippen LogP contribution in [0.3, 0.4) is 0 Å². The first-order valence-corrected chi connectivity index (χ1v) is 7.15. The third-order valence-corrected chi connectivity index (χ3v) is 4.78. The average Bonchev–Trinajstić information content (AvgIpc) is 2.38. The average molecular weight is 288 g/mol. The van der Waals surface area contributed by atoms with Crippen LogP contribution in [-0.4, -0.2) is 37.8 Å². The van der Waals surface area contributed by atoms with E-state index < -0.39 is 20.6 Å². The lowest BCUT2D eigenvalue weighted by Crippen LogP contribution is -2.31. The number of nitro groups is 1. The molecule has 0 radical (unpaired) electrons. The molecule has 0 fully saturated rings. The van der Waals surface area contributed by atoms with E-state index >= 15 is 0 Å². The Balaban J connectivity index is 3.46. The highest BCUT2D eigenvalue weighted by molar-refractivity contribution is 7.89. The van der Waals surface area contributed by atoms with Gasteiger partial charge in [-0.1, -0.05) is 13.8 Å². The van der Waals surface area contributed by atoms with Crippen molar-refractivity contribution in [2.45, 2.75) is 18.7 Å². The monoisotopic (exact) mass is 288 g/mol. The quantitative estimate of drug-likeness (QED) is 0.586. The molecule has 0 aliphatic carbocycles. The molecule has 1 aromatic carbocycles. The highest BCUT2D eigenvalue weighted by Gasteiger charge is 2.30. The third kappa shape index (κ3) is 3.02. The fraction of sp³-hybridized carbons (Fsp3) is 0.455. The van der Waals surface area contributed by atoms with Gasteiger partial charge in [0.15, 0.2) is 4.90 Å². The molecular formula is C11H16N2O5S. The van der Waals surface area contributed by atoms with Crippen LogP contribution in [0.5, 0.6) is 5.75 Å². The largest absolute Gasteiger partial charge is 0.497 e. The van der Waals surface area contributed by atoms with Crippen LogP contribution in [0, 0.1) is 10.1 Å². The standard InChI is InChI=1S/C11H16N2O5S/c1-4-12(5-2)19(16,17)11-7-6-9(18-3)8-10(11)13(14)15/h6-8H,4-5H2,1-3H3. The van der Waals surface area contributed by atoms with Gasteiger partial charge < -0.3 is 4.74 Å². The van der Waals surface area contributed by atoms with E-state index in [9.17, 15) is 18.5 Å². The van der Waals surface area contributed by atoms with Gasteiger partial charge in [-0.05, 0) is 12.1 Å². The Morgan fingerprint density at radius 2 is 1.89 bits per heavy atom. The number of rotatable bonds is 6. The number of ether oxygens (including phenoxy) is 1. The Morgan fingerprint density at radius 3 is 2.32 bits per heavy atom. The number of hydrogen-bond donors (Lipinski definition) is 0. The Bertz CT molecular complexity index is 566. The van der Waals surface area contributed by atoms with Gasteiger partial charge >= 0.3 is 0 Å². The van der Waals surface area contributed by atoms with Gasteiger partial charge in [0.25, 0.3) is 5.69 Å². The zero-order chi connectivity index (χ0) is 14.6. The molecule has 7 nitrogen and oxygen atoms in total. The first-order valence-electron chi connectivity index (χ1n) is 5.71. The summed E-state index contributed by atoms with van der Waals surface area (Å²) in [6.45, 7) is 3.86. The third-order valence-electron chi connectivity index (χ3n) is 2.69. The number of methoxy groups -OCH3 is 1. The smallest absolute Gasteiger partial charge is 0.293 e. The van der Waals surface area contributed by atoms with Crippen LogP contribution >= 0.6 is 0 Å². The molecule has 0 amide bonds. The maximum absolute atomic E-state index is 12.3. The summed E-state index contributed by atoms with van der Waals surface area (Å²) < 4.78 is 30.6. The summed E-state index contributed by atoms with van der Waals surface area (Å²) in [6.07, 6.45) is 0. The number of nitro benzene ring substituents is 1. The molecule has 0 unspecified atom stereocenters. The normalized spacial score (nSPS) is 11.6. The Kier molecular flexibility index (Phi) is 4.84. The molecule has 0 atom stereocenters. The van der Waals surface area contributed by atoms with Crippen molar-refractivity contribution in [2.24, 2.45) is 0 Å². The fourth-order valence-electron chi connectivity index (χ4n) is 1.69. The topological polar surface area (TPSA) is 89.8 Å². The summed E-state index contributed by atoms with van der Waals surface area (Å²) in [7, 11) is -2.51. The molecule has 0 aromatic heterocycles. The van der Waals surface area contributed by atoms with Gasteiger partial charge in [-0.15, -0.1) is 0 Å². The summed E-state index contributed by atoms with van der Waals surface area (Å²) in [4.78, 5) is 9.96. The van der Waals surface area contributed by atoms with Gasteiger partial charge in [0.1, 0.15) is 5.75 Å². The van der Waals surface area contributed by atoms with Crippen molar-refractivity contribution in [3.8, 4) is 5.75 Å². The van der Waals surface area contributed by atoms with Crippen LogP contribution in [0.15, 0.2) is 23.1 Å². The van der Waals surface area contributed by atoms with Gasteiger partial charge in [-0.25, -0.2) is 8.42 Å². The minimum atomic E-state index is -3.87. The Labute approximate surface area is 112 Å². The predicted octanol–water partition coefficient (Wildman–Crippen LogP) is 1.63. The maximum Gasteiger partial charge on any atom is 0.293 e. The molecule has 1 rings (SSSR count). The van der Waals surface area contributed by atoms with Gasteiger partial charge in [0.05, 0.1) is 18.1 Å². The number of sulfonamides is 1. The van der Waals surface area contributed by atoms with E-state index in [1.165, 1.54) is 23.5 Å². The molecule has 1 aromatic rings. The molecule has 0 aliphatic rings. The highest BCUT2D eigenvalue weighted by Crippen LogP contribution is 2.30. The molecule has 0 spiro atoms. The minimum Gasteiger partial charge on any atom is -0.497 e. The van der Waals surface area contributed by atoms with Crippen molar-refractivity contribution in [2.75, 3.05) is 20.2 Å². The molecule has 8 heteroatoms. The summed E-state index contributed by atoms with van der Waals surface area (Å²) in [5.41, 5.74) is -0.480. The minimum absolute atomic E-state index is 0.241. The lowest BCUT2D eigenvalue weighted by Gasteiger charge is -2.18. The summed E-state index contributed by atoms with van der Waals surface area (Å²) in [5, 5.41) is 11.0. The zero-order valence-electron chi connectivity index (χ0n) is 11.0. The van der Waals surface area contributed by atoms with Crippen LogP contribution in [0.1, 0.15) is 13.8 Å². The lowest BCUT2D eigenvalue weighted by atomic mass is 10.3. The summed E-state index contributed by atoms with van der Waals surface area (Å²) in [5.74, 6) is 0.241. The molecule has 0 saturated carbocycles. The van der Waals surface area contributed by atoms with Crippen molar-refractivity contribution < 1.29 is 18.1 Å². The van der Waals surface area contributed by atoms with Gasteiger partial charge in [-0.2, -0.15) is 4.31 Å². The van der Waals surface area contributed by atoms with E-state index in [2.05, 4.69) is 0 Å². The lowest BCUT2D eigenvalue weighted by molar-refractivity contribution is -0.387. The fourth-order valence-corrected chi connectivity index (χ4v) is 3.28. The predicted molar refractivity (Wildman–Crippen MR) is 69.8 cm³/mol. The molecule has 0 N–H and O–H groups in total. The number of benzene rings is 1. The van der Waals surface area contributed by atoms with Crippen molar-refractivity contribution in [3.63, 3.8) is 0 Å². The second-order valence-corrected chi connectivity index (χ2v) is 5.59. The summed E-state index contributed by atoms with van der Waals surface area (Å²) >= 11 is 0. The Hall–Kier alpha value is -1.67. The maximum atomic E-state index is 12.3. The van der Waals surface area contributed by atoms with Crippen LogP contribution in [0.2, 0.25) is 0 Å². The van der Waals surface area contributed by atoms with E-state index in [-0.39, 0.29) is 23.7 Å². The van der Waals surface area contributed by atoms with Crippen LogP contribution in [0.25, 0.3) is 0 Å². The molecule has 0 saturated heterocycles. The SMILES string of the molecule is CCN(CC)S(=O)(=O)c1ccc(OC)cc1[N+](=O)[O-].